The standard InChI is InChI=1S/C21H23FN4O3/c22-18-3-1-15(2-4-18)13-24-19(27)20(28)25-14-16-7-11-26(12-8-16)21(29)17-5-9-23-10-6-17/h1-6,9-10,16H,7-8,11-14H2,(H,24,27)(H,25,28). The first-order valence-corrected chi connectivity index (χ1v) is 9.52. The number of hydrogen-bond donors (Lipinski definition) is 2. The van der Waals surface area contributed by atoms with Crippen LogP contribution in [-0.4, -0.2) is 47.2 Å². The van der Waals surface area contributed by atoms with Crippen LogP contribution in [0.4, 0.5) is 4.39 Å². The van der Waals surface area contributed by atoms with Gasteiger partial charge in [0, 0.05) is 44.1 Å². The molecule has 29 heavy (non-hydrogen) atoms. The van der Waals surface area contributed by atoms with Crippen molar-refractivity contribution >= 4 is 17.7 Å². The Hall–Kier alpha value is -3.29. The molecule has 152 valence electrons. The number of nitrogens with zero attached hydrogens (tertiary/aromatic N) is 2. The molecule has 1 aromatic heterocycles. The lowest BCUT2D eigenvalue weighted by molar-refractivity contribution is -0.139. The molecule has 3 rings (SSSR count). The van der Waals surface area contributed by atoms with E-state index in [1.807, 2.05) is 0 Å². The van der Waals surface area contributed by atoms with E-state index in [0.29, 0.717) is 30.8 Å². The first-order valence-electron chi connectivity index (χ1n) is 9.52. The Kier molecular flexibility index (Phi) is 6.89. The van der Waals surface area contributed by atoms with Gasteiger partial charge in [-0.05, 0) is 48.6 Å². The number of benzene rings is 1. The van der Waals surface area contributed by atoms with Gasteiger partial charge in [-0.25, -0.2) is 4.39 Å². The Morgan fingerprint density at radius 3 is 2.24 bits per heavy atom. The van der Waals surface area contributed by atoms with Crippen LogP contribution in [0.3, 0.4) is 0 Å². The summed E-state index contributed by atoms with van der Waals surface area (Å²) in [6.45, 7) is 1.76. The number of nitrogens with one attached hydrogen (secondary N) is 2. The van der Waals surface area contributed by atoms with Crippen LogP contribution in [0.1, 0.15) is 28.8 Å². The van der Waals surface area contributed by atoms with E-state index in [4.69, 9.17) is 0 Å². The van der Waals surface area contributed by atoms with E-state index in [2.05, 4.69) is 15.6 Å². The van der Waals surface area contributed by atoms with Gasteiger partial charge < -0.3 is 15.5 Å². The maximum absolute atomic E-state index is 12.9. The van der Waals surface area contributed by atoms with Crippen molar-refractivity contribution in [2.75, 3.05) is 19.6 Å². The Labute approximate surface area is 168 Å². The number of piperidine rings is 1. The first kappa shape index (κ1) is 20.4. The second-order valence-electron chi connectivity index (χ2n) is 6.99. The Morgan fingerprint density at radius 1 is 0.966 bits per heavy atom. The smallest absolute Gasteiger partial charge is 0.309 e. The maximum atomic E-state index is 12.9. The summed E-state index contributed by atoms with van der Waals surface area (Å²) >= 11 is 0. The minimum absolute atomic E-state index is 0.0185. The minimum atomic E-state index is -0.723. The lowest BCUT2D eigenvalue weighted by atomic mass is 9.96. The summed E-state index contributed by atoms with van der Waals surface area (Å²) in [6, 6.07) is 9.09. The van der Waals surface area contributed by atoms with Crippen molar-refractivity contribution < 1.29 is 18.8 Å². The molecule has 2 N–H and O–H groups in total. The second kappa shape index (κ2) is 9.77. The van der Waals surface area contributed by atoms with E-state index in [9.17, 15) is 18.8 Å². The topological polar surface area (TPSA) is 91.4 Å². The molecule has 0 saturated carbocycles. The van der Waals surface area contributed by atoms with E-state index in [1.54, 1.807) is 41.6 Å². The van der Waals surface area contributed by atoms with Crippen LogP contribution in [0.2, 0.25) is 0 Å². The minimum Gasteiger partial charge on any atom is -0.348 e. The summed E-state index contributed by atoms with van der Waals surface area (Å²) in [7, 11) is 0. The predicted octanol–water partition coefficient (Wildman–Crippen LogP) is 1.51. The molecule has 2 aromatic rings. The van der Waals surface area contributed by atoms with Crippen LogP contribution in [0.25, 0.3) is 0 Å². The molecule has 0 bridgehead atoms. The molecule has 0 aliphatic carbocycles. The average molecular weight is 398 g/mol. The number of pyridine rings is 1. The third-order valence-corrected chi connectivity index (χ3v) is 4.95. The van der Waals surface area contributed by atoms with E-state index in [-0.39, 0.29) is 24.2 Å². The fourth-order valence-electron chi connectivity index (χ4n) is 3.20. The molecule has 1 aliphatic heterocycles. The van der Waals surface area contributed by atoms with Crippen LogP contribution in [-0.2, 0) is 16.1 Å². The SMILES string of the molecule is O=C(NCc1ccc(F)cc1)C(=O)NCC1CCN(C(=O)c2ccncc2)CC1. The summed E-state index contributed by atoms with van der Waals surface area (Å²) in [4.78, 5) is 42.0. The van der Waals surface area contributed by atoms with Crippen molar-refractivity contribution in [2.24, 2.45) is 5.92 Å². The highest BCUT2D eigenvalue weighted by Crippen LogP contribution is 2.18. The fourth-order valence-corrected chi connectivity index (χ4v) is 3.20. The quantitative estimate of drug-likeness (QED) is 0.747. The van der Waals surface area contributed by atoms with Gasteiger partial charge in [-0.3, -0.25) is 19.4 Å². The van der Waals surface area contributed by atoms with Crippen LogP contribution < -0.4 is 10.6 Å². The molecule has 7 nitrogen and oxygen atoms in total. The molecular formula is C21H23FN4O3. The van der Waals surface area contributed by atoms with E-state index < -0.39 is 11.8 Å². The fraction of sp³-hybridized carbons (Fsp3) is 0.333. The Bertz CT molecular complexity index is 850. The van der Waals surface area contributed by atoms with Crippen LogP contribution in [0, 0.1) is 11.7 Å². The van der Waals surface area contributed by atoms with Gasteiger partial charge in [0.05, 0.1) is 0 Å². The summed E-state index contributed by atoms with van der Waals surface area (Å²) in [6.07, 6.45) is 4.70. The Morgan fingerprint density at radius 2 is 1.59 bits per heavy atom. The van der Waals surface area contributed by atoms with Crippen molar-refractivity contribution in [1.82, 2.24) is 20.5 Å². The van der Waals surface area contributed by atoms with Crippen molar-refractivity contribution in [3.05, 3.63) is 65.7 Å². The lowest BCUT2D eigenvalue weighted by Crippen LogP contribution is -2.44. The zero-order chi connectivity index (χ0) is 20.6. The summed E-state index contributed by atoms with van der Waals surface area (Å²) < 4.78 is 12.9. The van der Waals surface area contributed by atoms with E-state index in [1.165, 1.54) is 12.1 Å². The molecule has 1 aliphatic rings. The highest BCUT2D eigenvalue weighted by Gasteiger charge is 2.24. The molecule has 1 saturated heterocycles. The number of rotatable bonds is 5. The molecule has 1 fully saturated rings. The summed E-state index contributed by atoms with van der Waals surface area (Å²) in [5, 5.41) is 5.17. The van der Waals surface area contributed by atoms with E-state index in [0.717, 1.165) is 12.8 Å². The molecule has 0 spiro atoms. The zero-order valence-electron chi connectivity index (χ0n) is 15.9. The largest absolute Gasteiger partial charge is 0.348 e. The van der Waals surface area contributed by atoms with Gasteiger partial charge >= 0.3 is 11.8 Å². The number of hydrogen-bond acceptors (Lipinski definition) is 4. The summed E-state index contributed by atoms with van der Waals surface area (Å²) in [5.74, 6) is -1.58. The molecule has 2 heterocycles. The molecule has 0 unspecified atom stereocenters. The van der Waals surface area contributed by atoms with Crippen molar-refractivity contribution in [3.63, 3.8) is 0 Å². The number of carbonyl (C=O) groups is 3. The molecular weight excluding hydrogens is 375 g/mol. The summed E-state index contributed by atoms with van der Waals surface area (Å²) in [5.41, 5.74) is 1.32. The monoisotopic (exact) mass is 398 g/mol. The van der Waals surface area contributed by atoms with Crippen LogP contribution in [0.5, 0.6) is 0 Å². The van der Waals surface area contributed by atoms with Gasteiger partial charge in [0.15, 0.2) is 0 Å². The van der Waals surface area contributed by atoms with Gasteiger partial charge in [0.1, 0.15) is 5.82 Å². The highest BCUT2D eigenvalue weighted by molar-refractivity contribution is 6.35. The average Bonchev–Trinajstić information content (AvgIpc) is 2.77. The van der Waals surface area contributed by atoms with Gasteiger partial charge in [0.25, 0.3) is 5.91 Å². The molecule has 0 atom stereocenters. The second-order valence-corrected chi connectivity index (χ2v) is 6.99. The molecule has 0 radical (unpaired) electrons. The van der Waals surface area contributed by atoms with Gasteiger partial charge in [-0.1, -0.05) is 12.1 Å². The van der Waals surface area contributed by atoms with Gasteiger partial charge in [0.2, 0.25) is 0 Å². The normalized spacial score (nSPS) is 14.3. The van der Waals surface area contributed by atoms with E-state index >= 15 is 0 Å². The third-order valence-electron chi connectivity index (χ3n) is 4.95. The highest BCUT2D eigenvalue weighted by atomic mass is 19.1. The van der Waals surface area contributed by atoms with Crippen LogP contribution in [0.15, 0.2) is 48.8 Å². The van der Waals surface area contributed by atoms with Crippen molar-refractivity contribution in [2.45, 2.75) is 19.4 Å². The van der Waals surface area contributed by atoms with Gasteiger partial charge in [-0.2, -0.15) is 0 Å². The van der Waals surface area contributed by atoms with Gasteiger partial charge in [-0.15, -0.1) is 0 Å². The molecule has 1 aromatic carbocycles. The maximum Gasteiger partial charge on any atom is 0.309 e. The number of amides is 3. The lowest BCUT2D eigenvalue weighted by Gasteiger charge is -2.32. The number of carbonyl (C=O) groups excluding carboxylic acids is 3. The number of aromatic nitrogens is 1. The molecule has 8 heteroatoms. The van der Waals surface area contributed by atoms with Crippen molar-refractivity contribution in [3.8, 4) is 0 Å². The zero-order valence-corrected chi connectivity index (χ0v) is 15.9. The Balaban J connectivity index is 1.37. The first-order chi connectivity index (χ1) is 14.0. The number of halogens is 1. The number of likely N-dealkylation sites (tertiary alicyclic amines) is 1. The predicted molar refractivity (Wildman–Crippen MR) is 104 cm³/mol. The third kappa shape index (κ3) is 5.84. The van der Waals surface area contributed by atoms with Crippen molar-refractivity contribution in [1.29, 1.82) is 0 Å². The van der Waals surface area contributed by atoms with Crippen LogP contribution >= 0.6 is 0 Å². The molecule has 3 amide bonds.